The lowest BCUT2D eigenvalue weighted by Crippen LogP contribution is -2.26. The van der Waals surface area contributed by atoms with Crippen molar-refractivity contribution in [1.82, 2.24) is 19.5 Å². The Balaban J connectivity index is 1.74. The molecule has 3 aromatic rings. The van der Waals surface area contributed by atoms with E-state index in [9.17, 15) is 9.18 Å². The van der Waals surface area contributed by atoms with Crippen molar-refractivity contribution >= 4 is 22.6 Å². The van der Waals surface area contributed by atoms with Crippen LogP contribution >= 0.6 is 0 Å². The summed E-state index contributed by atoms with van der Waals surface area (Å²) in [7, 11) is 0. The molecule has 5 rings (SSSR count). The summed E-state index contributed by atoms with van der Waals surface area (Å²) in [6.45, 7) is 5.38. The third-order valence-corrected chi connectivity index (χ3v) is 5.76. The number of primary amides is 1. The van der Waals surface area contributed by atoms with Crippen LogP contribution in [0.1, 0.15) is 29.3 Å². The van der Waals surface area contributed by atoms with Gasteiger partial charge in [0.15, 0.2) is 5.65 Å². The standard InChI is InChI=1S/C17H18FN5O/c1-2-22-7-9-5-17(9,8-22)12-6-20-23-14-11(15(19)24)3-10(18)4-13(14)21-16(12)23/h3-4,6,9,20H,2,5,7-8H2,1H3,(H2,19,24). The lowest BCUT2D eigenvalue weighted by atomic mass is 9.98. The Bertz CT molecular complexity index is 1010. The molecule has 24 heavy (non-hydrogen) atoms. The first-order valence-electron chi connectivity index (χ1n) is 8.25. The summed E-state index contributed by atoms with van der Waals surface area (Å²) in [5.74, 6) is -0.499. The van der Waals surface area contributed by atoms with Crippen LogP contribution < -0.4 is 5.73 Å². The number of piperidine rings is 1. The van der Waals surface area contributed by atoms with E-state index in [4.69, 9.17) is 5.73 Å². The average molecular weight is 327 g/mol. The number of aromatic nitrogens is 3. The summed E-state index contributed by atoms with van der Waals surface area (Å²) < 4.78 is 15.6. The molecule has 124 valence electrons. The zero-order valence-electron chi connectivity index (χ0n) is 13.3. The number of carbonyl (C=O) groups excluding carboxylic acids is 1. The molecule has 0 spiro atoms. The Morgan fingerprint density at radius 2 is 2.38 bits per heavy atom. The molecule has 2 fully saturated rings. The first kappa shape index (κ1) is 14.0. The number of fused-ring (bicyclic) bond motifs is 4. The predicted molar refractivity (Wildman–Crippen MR) is 87.4 cm³/mol. The van der Waals surface area contributed by atoms with Crippen LogP contribution in [0, 0.1) is 11.7 Å². The van der Waals surface area contributed by atoms with Gasteiger partial charge < -0.3 is 10.6 Å². The summed E-state index contributed by atoms with van der Waals surface area (Å²) in [6.07, 6.45) is 3.15. The zero-order valence-corrected chi connectivity index (χ0v) is 13.3. The number of likely N-dealkylation sites (N-methyl/N-ethyl adjacent to an activating group) is 1. The van der Waals surface area contributed by atoms with Crippen LogP contribution in [0.3, 0.4) is 0 Å². The van der Waals surface area contributed by atoms with Crippen LogP contribution in [0.4, 0.5) is 4.39 Å². The van der Waals surface area contributed by atoms with Gasteiger partial charge >= 0.3 is 0 Å². The van der Waals surface area contributed by atoms with Gasteiger partial charge in [0.25, 0.3) is 5.91 Å². The Hall–Kier alpha value is -2.41. The number of amides is 1. The number of nitrogens with one attached hydrogen (secondary N) is 1. The summed E-state index contributed by atoms with van der Waals surface area (Å²) in [5.41, 5.74) is 8.66. The molecule has 2 aliphatic rings. The predicted octanol–water partition coefficient (Wildman–Crippen LogP) is 1.65. The maximum Gasteiger partial charge on any atom is 0.251 e. The molecule has 3 N–H and O–H groups in total. The minimum atomic E-state index is -0.655. The van der Waals surface area contributed by atoms with Crippen molar-refractivity contribution in [1.29, 1.82) is 0 Å². The van der Waals surface area contributed by atoms with Gasteiger partial charge in [0.05, 0.1) is 11.1 Å². The van der Waals surface area contributed by atoms with E-state index in [1.54, 1.807) is 4.52 Å². The number of hydrogen-bond acceptors (Lipinski definition) is 3. The van der Waals surface area contributed by atoms with Crippen molar-refractivity contribution in [3.05, 3.63) is 35.3 Å². The number of H-pyrrole nitrogens is 1. The number of likely N-dealkylation sites (tertiary alicyclic amines) is 1. The summed E-state index contributed by atoms with van der Waals surface area (Å²) in [4.78, 5) is 18.8. The van der Waals surface area contributed by atoms with Gasteiger partial charge in [-0.05, 0) is 24.9 Å². The van der Waals surface area contributed by atoms with Crippen LogP contribution in [-0.4, -0.2) is 45.0 Å². The van der Waals surface area contributed by atoms with E-state index in [0.717, 1.165) is 37.3 Å². The van der Waals surface area contributed by atoms with E-state index in [0.29, 0.717) is 17.0 Å². The third-order valence-electron chi connectivity index (χ3n) is 5.76. The largest absolute Gasteiger partial charge is 0.366 e. The highest BCUT2D eigenvalue weighted by Crippen LogP contribution is 2.59. The molecule has 1 saturated heterocycles. The Kier molecular flexibility index (Phi) is 2.54. The van der Waals surface area contributed by atoms with Gasteiger partial charge in [-0.2, -0.15) is 0 Å². The third kappa shape index (κ3) is 1.62. The van der Waals surface area contributed by atoms with E-state index in [1.807, 2.05) is 6.20 Å². The molecule has 0 radical (unpaired) electrons. The highest BCUT2D eigenvalue weighted by Gasteiger charge is 2.61. The lowest BCUT2D eigenvalue weighted by Gasteiger charge is -2.17. The maximum atomic E-state index is 13.8. The van der Waals surface area contributed by atoms with E-state index in [1.165, 1.54) is 12.1 Å². The van der Waals surface area contributed by atoms with Gasteiger partial charge in [0.2, 0.25) is 0 Å². The van der Waals surface area contributed by atoms with Gasteiger partial charge in [-0.3, -0.25) is 9.89 Å². The highest BCUT2D eigenvalue weighted by atomic mass is 19.1. The molecular weight excluding hydrogens is 309 g/mol. The Labute approximate surface area is 137 Å². The molecule has 1 aromatic carbocycles. The monoisotopic (exact) mass is 327 g/mol. The molecule has 7 heteroatoms. The van der Waals surface area contributed by atoms with E-state index >= 15 is 0 Å². The smallest absolute Gasteiger partial charge is 0.251 e. The zero-order chi connectivity index (χ0) is 16.6. The van der Waals surface area contributed by atoms with Gasteiger partial charge in [0, 0.05) is 36.3 Å². The number of hydrogen-bond donors (Lipinski definition) is 2. The second kappa shape index (κ2) is 4.36. The van der Waals surface area contributed by atoms with Crippen molar-refractivity contribution in [2.75, 3.05) is 19.6 Å². The molecule has 1 saturated carbocycles. The summed E-state index contributed by atoms with van der Waals surface area (Å²) >= 11 is 0. The van der Waals surface area contributed by atoms with Crippen LogP contribution in [-0.2, 0) is 5.41 Å². The van der Waals surface area contributed by atoms with Crippen LogP contribution in [0.25, 0.3) is 16.7 Å². The van der Waals surface area contributed by atoms with Crippen LogP contribution in [0.15, 0.2) is 18.3 Å². The fourth-order valence-electron chi connectivity index (χ4n) is 4.47. The molecule has 1 aliphatic carbocycles. The van der Waals surface area contributed by atoms with Gasteiger partial charge in [-0.1, -0.05) is 6.92 Å². The SMILES string of the molecule is CCN1CC2CC2(c2c[nH]n3c2nc2cc(F)cc(C(N)=O)c23)C1. The van der Waals surface area contributed by atoms with Crippen molar-refractivity contribution < 1.29 is 9.18 Å². The minimum Gasteiger partial charge on any atom is -0.366 e. The normalized spacial score (nSPS) is 26.3. The number of carbonyl (C=O) groups is 1. The fraction of sp³-hybridized carbons (Fsp3) is 0.412. The highest BCUT2D eigenvalue weighted by molar-refractivity contribution is 6.05. The van der Waals surface area contributed by atoms with E-state index < -0.39 is 11.7 Å². The number of nitrogens with two attached hydrogens (primary N) is 1. The molecule has 2 atom stereocenters. The number of halogens is 1. The molecule has 2 aromatic heterocycles. The van der Waals surface area contributed by atoms with Crippen molar-refractivity contribution in [3.8, 4) is 0 Å². The second-order valence-electron chi connectivity index (χ2n) is 7.03. The molecule has 0 bridgehead atoms. The van der Waals surface area contributed by atoms with Crippen molar-refractivity contribution in [3.63, 3.8) is 0 Å². The Morgan fingerprint density at radius 3 is 3.08 bits per heavy atom. The molecule has 2 unspecified atom stereocenters. The van der Waals surface area contributed by atoms with Gasteiger partial charge in [-0.25, -0.2) is 13.9 Å². The molecule has 1 aliphatic heterocycles. The number of aromatic amines is 1. The lowest BCUT2D eigenvalue weighted by molar-refractivity contribution is 0.100. The Morgan fingerprint density at radius 1 is 1.54 bits per heavy atom. The average Bonchev–Trinajstić information content (AvgIpc) is 2.90. The van der Waals surface area contributed by atoms with Gasteiger partial charge in [0.1, 0.15) is 11.3 Å². The molecule has 3 heterocycles. The van der Waals surface area contributed by atoms with E-state index in [2.05, 4.69) is 21.9 Å². The molecule has 6 nitrogen and oxygen atoms in total. The first-order valence-corrected chi connectivity index (χ1v) is 8.25. The maximum absolute atomic E-state index is 13.8. The topological polar surface area (TPSA) is 79.4 Å². The van der Waals surface area contributed by atoms with E-state index in [-0.39, 0.29) is 11.0 Å². The number of rotatable bonds is 3. The first-order chi connectivity index (χ1) is 11.5. The minimum absolute atomic E-state index is 0.143. The van der Waals surface area contributed by atoms with Crippen LogP contribution in [0.5, 0.6) is 0 Å². The fourth-order valence-corrected chi connectivity index (χ4v) is 4.47. The number of imidazole rings is 1. The number of nitrogens with zero attached hydrogens (tertiary/aromatic N) is 3. The quantitative estimate of drug-likeness (QED) is 0.767. The molecule has 1 amide bonds. The van der Waals surface area contributed by atoms with Crippen molar-refractivity contribution in [2.45, 2.75) is 18.8 Å². The number of benzene rings is 1. The second-order valence-corrected chi connectivity index (χ2v) is 7.03. The summed E-state index contributed by atoms with van der Waals surface area (Å²) in [5, 5.41) is 3.19. The van der Waals surface area contributed by atoms with Gasteiger partial charge in [-0.15, -0.1) is 0 Å². The van der Waals surface area contributed by atoms with Crippen LogP contribution in [0.2, 0.25) is 0 Å². The van der Waals surface area contributed by atoms with Crippen molar-refractivity contribution in [2.24, 2.45) is 11.7 Å². The molecular formula is C17H18FN5O. The summed E-state index contributed by atoms with van der Waals surface area (Å²) in [6, 6.07) is 2.52.